The minimum absolute atomic E-state index is 0.326. The SMILES string of the molecule is O=C(O)c1cc(F)c(F)cc1C(=O)N1CCNCC1. The summed E-state index contributed by atoms with van der Waals surface area (Å²) in [6, 6.07) is 1.18. The summed E-state index contributed by atoms with van der Waals surface area (Å²) < 4.78 is 26.3. The molecule has 1 aliphatic rings. The molecule has 0 unspecified atom stereocenters. The van der Waals surface area contributed by atoms with E-state index in [0.717, 1.165) is 0 Å². The zero-order valence-electron chi connectivity index (χ0n) is 9.95. The van der Waals surface area contributed by atoms with Crippen LogP contribution in [0, 0.1) is 11.6 Å². The standard InChI is InChI=1S/C12H12F2N2O3/c13-9-5-7(8(12(18)19)6-10(9)14)11(17)16-3-1-15-2-4-16/h5-6,15H,1-4H2,(H,18,19). The van der Waals surface area contributed by atoms with E-state index < -0.39 is 29.1 Å². The molecule has 2 N–H and O–H groups in total. The van der Waals surface area contributed by atoms with Gasteiger partial charge < -0.3 is 15.3 Å². The quantitative estimate of drug-likeness (QED) is 0.830. The highest BCUT2D eigenvalue weighted by atomic mass is 19.2. The van der Waals surface area contributed by atoms with E-state index in [4.69, 9.17) is 5.11 Å². The Hall–Kier alpha value is -2.02. The zero-order chi connectivity index (χ0) is 14.0. The van der Waals surface area contributed by atoms with Crippen molar-refractivity contribution in [3.8, 4) is 0 Å². The maximum Gasteiger partial charge on any atom is 0.336 e. The van der Waals surface area contributed by atoms with Crippen molar-refractivity contribution >= 4 is 11.9 Å². The highest BCUT2D eigenvalue weighted by molar-refractivity contribution is 6.04. The van der Waals surface area contributed by atoms with Crippen molar-refractivity contribution in [2.75, 3.05) is 26.2 Å². The van der Waals surface area contributed by atoms with Gasteiger partial charge in [0, 0.05) is 26.2 Å². The molecule has 1 aliphatic heterocycles. The second-order valence-electron chi connectivity index (χ2n) is 4.16. The molecule has 1 fully saturated rings. The van der Waals surface area contributed by atoms with Crippen LogP contribution in [0.5, 0.6) is 0 Å². The molecule has 1 aromatic carbocycles. The molecular weight excluding hydrogens is 258 g/mol. The summed E-state index contributed by atoms with van der Waals surface area (Å²) in [7, 11) is 0. The van der Waals surface area contributed by atoms with E-state index in [1.54, 1.807) is 0 Å². The fourth-order valence-corrected chi connectivity index (χ4v) is 1.94. The van der Waals surface area contributed by atoms with E-state index >= 15 is 0 Å². The third kappa shape index (κ3) is 2.70. The van der Waals surface area contributed by atoms with Crippen LogP contribution in [0.15, 0.2) is 12.1 Å². The maximum absolute atomic E-state index is 13.2. The second-order valence-corrected chi connectivity index (χ2v) is 4.16. The topological polar surface area (TPSA) is 69.6 Å². The van der Waals surface area contributed by atoms with Crippen LogP contribution in [-0.4, -0.2) is 48.1 Å². The smallest absolute Gasteiger partial charge is 0.336 e. The molecule has 0 atom stereocenters. The first-order valence-electron chi connectivity index (χ1n) is 5.73. The van der Waals surface area contributed by atoms with Crippen LogP contribution >= 0.6 is 0 Å². The van der Waals surface area contributed by atoms with Crippen molar-refractivity contribution in [2.24, 2.45) is 0 Å². The Bertz CT molecular complexity index is 528. The van der Waals surface area contributed by atoms with E-state index in [2.05, 4.69) is 5.32 Å². The van der Waals surface area contributed by atoms with Gasteiger partial charge in [-0.3, -0.25) is 4.79 Å². The lowest BCUT2D eigenvalue weighted by Gasteiger charge is -2.27. The number of amides is 1. The van der Waals surface area contributed by atoms with Crippen molar-refractivity contribution < 1.29 is 23.5 Å². The molecule has 0 bridgehead atoms. The Morgan fingerprint density at radius 3 is 2.16 bits per heavy atom. The van der Waals surface area contributed by atoms with E-state index in [1.807, 2.05) is 0 Å². The van der Waals surface area contributed by atoms with Crippen molar-refractivity contribution in [2.45, 2.75) is 0 Å². The summed E-state index contributed by atoms with van der Waals surface area (Å²) in [5.74, 6) is -4.58. The third-order valence-electron chi connectivity index (χ3n) is 2.93. The summed E-state index contributed by atoms with van der Waals surface area (Å²) in [4.78, 5) is 24.5. The summed E-state index contributed by atoms with van der Waals surface area (Å²) in [6.07, 6.45) is 0. The molecule has 0 aliphatic carbocycles. The van der Waals surface area contributed by atoms with Gasteiger partial charge in [-0.15, -0.1) is 0 Å². The van der Waals surface area contributed by atoms with Crippen molar-refractivity contribution in [3.63, 3.8) is 0 Å². The lowest BCUT2D eigenvalue weighted by molar-refractivity contribution is 0.0669. The fourth-order valence-electron chi connectivity index (χ4n) is 1.94. The number of piperazine rings is 1. The minimum Gasteiger partial charge on any atom is -0.478 e. The van der Waals surface area contributed by atoms with Gasteiger partial charge in [0.2, 0.25) is 0 Å². The van der Waals surface area contributed by atoms with Crippen LogP contribution in [-0.2, 0) is 0 Å². The second kappa shape index (κ2) is 5.31. The average Bonchev–Trinajstić information content (AvgIpc) is 2.41. The number of hydrogen-bond donors (Lipinski definition) is 2. The number of benzene rings is 1. The number of aromatic carboxylic acids is 1. The largest absolute Gasteiger partial charge is 0.478 e. The molecule has 1 saturated heterocycles. The van der Waals surface area contributed by atoms with Crippen molar-refractivity contribution in [3.05, 3.63) is 34.9 Å². The lowest BCUT2D eigenvalue weighted by Crippen LogP contribution is -2.46. The third-order valence-corrected chi connectivity index (χ3v) is 2.93. The van der Waals surface area contributed by atoms with E-state index in [0.29, 0.717) is 38.3 Å². The van der Waals surface area contributed by atoms with Gasteiger partial charge in [-0.25, -0.2) is 13.6 Å². The van der Waals surface area contributed by atoms with Gasteiger partial charge in [-0.05, 0) is 12.1 Å². The van der Waals surface area contributed by atoms with Crippen LogP contribution < -0.4 is 5.32 Å². The van der Waals surface area contributed by atoms with Gasteiger partial charge in [0.1, 0.15) is 0 Å². The van der Waals surface area contributed by atoms with Gasteiger partial charge >= 0.3 is 5.97 Å². The molecule has 5 nitrogen and oxygen atoms in total. The molecule has 7 heteroatoms. The zero-order valence-corrected chi connectivity index (χ0v) is 9.95. The van der Waals surface area contributed by atoms with Gasteiger partial charge in [0.25, 0.3) is 5.91 Å². The monoisotopic (exact) mass is 270 g/mol. The number of nitrogens with one attached hydrogen (secondary N) is 1. The fraction of sp³-hybridized carbons (Fsp3) is 0.333. The van der Waals surface area contributed by atoms with Gasteiger partial charge in [0.05, 0.1) is 11.1 Å². The lowest BCUT2D eigenvalue weighted by atomic mass is 10.1. The molecule has 2 rings (SSSR count). The molecule has 1 heterocycles. The number of carbonyl (C=O) groups excluding carboxylic acids is 1. The highest BCUT2D eigenvalue weighted by Gasteiger charge is 2.25. The molecule has 0 aromatic heterocycles. The number of halogens is 2. The first kappa shape index (κ1) is 13.4. The van der Waals surface area contributed by atoms with E-state index in [9.17, 15) is 18.4 Å². The van der Waals surface area contributed by atoms with Crippen LogP contribution in [0.1, 0.15) is 20.7 Å². The molecule has 1 aromatic rings. The maximum atomic E-state index is 13.2. The minimum atomic E-state index is -1.46. The van der Waals surface area contributed by atoms with Crippen LogP contribution in [0.25, 0.3) is 0 Å². The predicted octanol–water partition coefficient (Wildman–Crippen LogP) is 0.708. The average molecular weight is 270 g/mol. The summed E-state index contributed by atoms with van der Waals surface area (Å²) in [5, 5.41) is 12.0. The van der Waals surface area contributed by atoms with E-state index in [1.165, 1.54) is 4.90 Å². The number of carboxylic acids is 1. The number of rotatable bonds is 2. The van der Waals surface area contributed by atoms with Gasteiger partial charge in [0.15, 0.2) is 11.6 Å². The summed E-state index contributed by atoms with van der Waals surface area (Å²) >= 11 is 0. The number of hydrogen-bond acceptors (Lipinski definition) is 3. The Labute approximate surface area is 107 Å². The van der Waals surface area contributed by atoms with Crippen LogP contribution in [0.2, 0.25) is 0 Å². The molecule has 0 radical (unpaired) electrons. The van der Waals surface area contributed by atoms with E-state index in [-0.39, 0.29) is 5.56 Å². The van der Waals surface area contributed by atoms with Crippen LogP contribution in [0.3, 0.4) is 0 Å². The summed E-state index contributed by atoms with van der Waals surface area (Å²) in [5.41, 5.74) is -0.851. The van der Waals surface area contributed by atoms with Crippen molar-refractivity contribution in [1.82, 2.24) is 10.2 Å². The Morgan fingerprint density at radius 2 is 1.63 bits per heavy atom. The first-order chi connectivity index (χ1) is 9.00. The van der Waals surface area contributed by atoms with Gasteiger partial charge in [-0.2, -0.15) is 0 Å². The van der Waals surface area contributed by atoms with Crippen LogP contribution in [0.4, 0.5) is 8.78 Å². The number of carbonyl (C=O) groups is 2. The Balaban J connectivity index is 2.39. The summed E-state index contributed by atoms with van der Waals surface area (Å²) in [6.45, 7) is 1.96. The molecule has 19 heavy (non-hydrogen) atoms. The normalized spacial score (nSPS) is 15.4. The first-order valence-corrected chi connectivity index (χ1v) is 5.73. The molecule has 0 spiro atoms. The Morgan fingerprint density at radius 1 is 1.11 bits per heavy atom. The van der Waals surface area contributed by atoms with Gasteiger partial charge in [-0.1, -0.05) is 0 Å². The Kier molecular flexibility index (Phi) is 3.75. The number of carboxylic acid groups (broad SMARTS) is 1. The number of nitrogens with zero attached hydrogens (tertiary/aromatic N) is 1. The predicted molar refractivity (Wildman–Crippen MR) is 62.1 cm³/mol. The molecule has 1 amide bonds. The van der Waals surface area contributed by atoms with Crippen molar-refractivity contribution in [1.29, 1.82) is 0 Å². The molecular formula is C12H12F2N2O3. The highest BCUT2D eigenvalue weighted by Crippen LogP contribution is 2.17. The molecule has 102 valence electrons. The molecule has 0 saturated carbocycles.